The van der Waals surface area contributed by atoms with Crippen LogP contribution in [0.4, 0.5) is 11.4 Å². The van der Waals surface area contributed by atoms with Gasteiger partial charge in [0.15, 0.2) is 0 Å². The van der Waals surface area contributed by atoms with Gasteiger partial charge in [-0.3, -0.25) is 9.59 Å². The Labute approximate surface area is 156 Å². The van der Waals surface area contributed by atoms with Crippen molar-refractivity contribution in [3.05, 3.63) is 52.5 Å². The molecule has 0 aliphatic heterocycles. The van der Waals surface area contributed by atoms with Crippen LogP contribution in [0.25, 0.3) is 0 Å². The zero-order valence-electron chi connectivity index (χ0n) is 14.7. The number of anilines is 2. The van der Waals surface area contributed by atoms with Crippen LogP contribution < -0.4 is 15.0 Å². The second-order valence-corrected chi connectivity index (χ2v) is 6.02. The number of rotatable bonds is 5. The second-order valence-electron chi connectivity index (χ2n) is 5.61. The van der Waals surface area contributed by atoms with Crippen molar-refractivity contribution in [2.24, 2.45) is 0 Å². The van der Waals surface area contributed by atoms with Gasteiger partial charge in [0.2, 0.25) is 11.8 Å². The molecule has 2 aromatic carbocycles. The van der Waals surface area contributed by atoms with Crippen molar-refractivity contribution in [1.82, 2.24) is 0 Å². The van der Waals surface area contributed by atoms with Gasteiger partial charge in [0.25, 0.3) is 0 Å². The van der Waals surface area contributed by atoms with Gasteiger partial charge < -0.3 is 15.0 Å². The summed E-state index contributed by atoms with van der Waals surface area (Å²) in [5.41, 5.74) is 2.27. The van der Waals surface area contributed by atoms with E-state index in [0.29, 0.717) is 27.7 Å². The highest BCUT2D eigenvalue weighted by molar-refractivity contribution is 6.31. The predicted molar refractivity (Wildman–Crippen MR) is 101 cm³/mol. The van der Waals surface area contributed by atoms with Gasteiger partial charge in [0, 0.05) is 23.7 Å². The van der Waals surface area contributed by atoms with E-state index in [1.807, 2.05) is 13.0 Å². The monoisotopic (exact) mass is 371 g/mol. The van der Waals surface area contributed by atoms with E-state index in [1.165, 1.54) is 18.9 Å². The number of carbonyl (C=O) groups is 2. The maximum absolute atomic E-state index is 12.4. The number of ether oxygens (including phenoxy) is 1. The van der Waals surface area contributed by atoms with E-state index in [2.05, 4.69) is 5.32 Å². The molecular weight excluding hydrogens is 354 g/mol. The summed E-state index contributed by atoms with van der Waals surface area (Å²) < 4.78 is 5.23. The van der Waals surface area contributed by atoms with Crippen LogP contribution in [0.15, 0.2) is 36.4 Å². The summed E-state index contributed by atoms with van der Waals surface area (Å²) in [7, 11) is 1.48. The Morgan fingerprint density at radius 3 is 2.46 bits per heavy atom. The SMILES string of the molecule is COc1cc(Cl)c(C)cc1NC(=O)CN(C(C)=O)c1ccc(C#N)cc1. The molecule has 0 fully saturated rings. The number of benzene rings is 2. The highest BCUT2D eigenvalue weighted by atomic mass is 35.5. The first-order chi connectivity index (χ1) is 12.3. The van der Waals surface area contributed by atoms with Crippen LogP contribution in [0, 0.1) is 18.3 Å². The lowest BCUT2D eigenvalue weighted by Gasteiger charge is -2.21. The first-order valence-corrected chi connectivity index (χ1v) is 8.15. The van der Waals surface area contributed by atoms with Crippen LogP contribution in [-0.2, 0) is 9.59 Å². The summed E-state index contributed by atoms with van der Waals surface area (Å²) >= 11 is 6.06. The molecular formula is C19H18ClN3O3. The standard InChI is InChI=1S/C19H18ClN3O3/c1-12-8-17(18(26-3)9-16(12)20)22-19(25)11-23(13(2)24)15-6-4-14(10-21)5-7-15/h4-9H,11H2,1-3H3,(H,22,25). The molecule has 0 saturated carbocycles. The third-order valence-electron chi connectivity index (χ3n) is 3.74. The quantitative estimate of drug-likeness (QED) is 0.871. The number of amides is 2. The van der Waals surface area contributed by atoms with Crippen molar-refractivity contribution < 1.29 is 14.3 Å². The predicted octanol–water partition coefficient (Wildman–Crippen LogP) is 3.52. The number of methoxy groups -OCH3 is 1. The Balaban J connectivity index is 2.19. The lowest BCUT2D eigenvalue weighted by atomic mass is 10.2. The summed E-state index contributed by atoms with van der Waals surface area (Å²) in [5, 5.41) is 12.1. The molecule has 26 heavy (non-hydrogen) atoms. The van der Waals surface area contributed by atoms with Crippen LogP contribution >= 0.6 is 11.6 Å². The van der Waals surface area contributed by atoms with Gasteiger partial charge in [-0.1, -0.05) is 11.6 Å². The normalized spacial score (nSPS) is 9.96. The van der Waals surface area contributed by atoms with E-state index in [-0.39, 0.29) is 18.4 Å². The van der Waals surface area contributed by atoms with E-state index in [9.17, 15) is 9.59 Å². The Kier molecular flexibility index (Phi) is 6.21. The first-order valence-electron chi connectivity index (χ1n) is 7.78. The number of nitrogens with one attached hydrogen (secondary N) is 1. The maximum atomic E-state index is 12.4. The van der Waals surface area contributed by atoms with Crippen molar-refractivity contribution in [2.75, 3.05) is 23.9 Å². The van der Waals surface area contributed by atoms with Crippen LogP contribution in [0.2, 0.25) is 5.02 Å². The molecule has 0 aromatic heterocycles. The molecule has 0 saturated heterocycles. The molecule has 0 heterocycles. The molecule has 6 nitrogen and oxygen atoms in total. The van der Waals surface area contributed by atoms with Crippen LogP contribution in [0.5, 0.6) is 5.75 Å². The zero-order valence-corrected chi connectivity index (χ0v) is 15.4. The summed E-state index contributed by atoms with van der Waals surface area (Å²) in [6, 6.07) is 11.8. The first kappa shape index (κ1) is 19.3. The fraction of sp³-hybridized carbons (Fsp3) is 0.211. The summed E-state index contributed by atoms with van der Waals surface area (Å²) in [6.07, 6.45) is 0. The Morgan fingerprint density at radius 1 is 1.27 bits per heavy atom. The van der Waals surface area contributed by atoms with E-state index in [0.717, 1.165) is 5.56 Å². The van der Waals surface area contributed by atoms with Crippen molar-refractivity contribution in [2.45, 2.75) is 13.8 Å². The molecule has 2 aromatic rings. The van der Waals surface area contributed by atoms with E-state index >= 15 is 0 Å². The molecule has 134 valence electrons. The summed E-state index contributed by atoms with van der Waals surface area (Å²) in [6.45, 7) is 3.01. The molecule has 0 radical (unpaired) electrons. The van der Waals surface area contributed by atoms with Crippen molar-refractivity contribution in [3.63, 3.8) is 0 Å². The maximum Gasteiger partial charge on any atom is 0.244 e. The number of halogens is 1. The number of nitrogens with zero attached hydrogens (tertiary/aromatic N) is 2. The molecule has 0 spiro atoms. The highest BCUT2D eigenvalue weighted by Gasteiger charge is 2.17. The minimum Gasteiger partial charge on any atom is -0.495 e. The fourth-order valence-corrected chi connectivity index (χ4v) is 2.52. The fourth-order valence-electron chi connectivity index (χ4n) is 2.36. The van der Waals surface area contributed by atoms with Crippen molar-refractivity contribution in [1.29, 1.82) is 5.26 Å². The molecule has 0 unspecified atom stereocenters. The van der Waals surface area contributed by atoms with Crippen molar-refractivity contribution >= 4 is 34.8 Å². The lowest BCUT2D eigenvalue weighted by molar-refractivity contribution is -0.120. The van der Waals surface area contributed by atoms with Gasteiger partial charge in [0.05, 0.1) is 24.4 Å². The Bertz CT molecular complexity index is 873. The van der Waals surface area contributed by atoms with Crippen LogP contribution in [-0.4, -0.2) is 25.5 Å². The van der Waals surface area contributed by atoms with Gasteiger partial charge in [-0.05, 0) is 42.8 Å². The minimum absolute atomic E-state index is 0.175. The Hall–Kier alpha value is -3.04. The van der Waals surface area contributed by atoms with Crippen LogP contribution in [0.3, 0.4) is 0 Å². The molecule has 0 aliphatic rings. The van der Waals surface area contributed by atoms with Gasteiger partial charge in [-0.15, -0.1) is 0 Å². The number of hydrogen-bond donors (Lipinski definition) is 1. The summed E-state index contributed by atoms with van der Waals surface area (Å²) in [5.74, 6) is -0.240. The highest BCUT2D eigenvalue weighted by Crippen LogP contribution is 2.31. The van der Waals surface area contributed by atoms with Gasteiger partial charge in [-0.25, -0.2) is 0 Å². The largest absolute Gasteiger partial charge is 0.495 e. The van der Waals surface area contributed by atoms with E-state index in [4.69, 9.17) is 21.6 Å². The smallest absolute Gasteiger partial charge is 0.244 e. The molecule has 2 amide bonds. The van der Waals surface area contributed by atoms with Gasteiger partial charge in [0.1, 0.15) is 12.3 Å². The molecule has 0 atom stereocenters. The number of nitriles is 1. The topological polar surface area (TPSA) is 82.4 Å². The van der Waals surface area contributed by atoms with Crippen molar-refractivity contribution in [3.8, 4) is 11.8 Å². The average molecular weight is 372 g/mol. The van der Waals surface area contributed by atoms with E-state index < -0.39 is 0 Å². The second kappa shape index (κ2) is 8.37. The number of hydrogen-bond acceptors (Lipinski definition) is 4. The average Bonchev–Trinajstić information content (AvgIpc) is 2.62. The number of carbonyl (C=O) groups excluding carboxylic acids is 2. The molecule has 0 aliphatic carbocycles. The Morgan fingerprint density at radius 2 is 1.92 bits per heavy atom. The third-order valence-corrected chi connectivity index (χ3v) is 4.15. The van der Waals surface area contributed by atoms with Gasteiger partial charge in [-0.2, -0.15) is 5.26 Å². The molecule has 1 N–H and O–H groups in total. The van der Waals surface area contributed by atoms with E-state index in [1.54, 1.807) is 36.4 Å². The number of aryl methyl sites for hydroxylation is 1. The molecule has 7 heteroatoms. The molecule has 0 bridgehead atoms. The lowest BCUT2D eigenvalue weighted by Crippen LogP contribution is -2.36. The van der Waals surface area contributed by atoms with Crippen LogP contribution in [0.1, 0.15) is 18.1 Å². The third kappa shape index (κ3) is 4.52. The van der Waals surface area contributed by atoms with Gasteiger partial charge >= 0.3 is 0 Å². The molecule has 2 rings (SSSR count). The zero-order chi connectivity index (χ0) is 19.3. The minimum atomic E-state index is -0.385. The summed E-state index contributed by atoms with van der Waals surface area (Å²) in [4.78, 5) is 25.7.